The monoisotopic (exact) mass is 269 g/mol. The van der Waals surface area contributed by atoms with Gasteiger partial charge in [0.2, 0.25) is 0 Å². The highest BCUT2D eigenvalue weighted by Gasteiger charge is 2.29. The molecule has 0 bridgehead atoms. The molecule has 1 fully saturated rings. The molecule has 4 nitrogen and oxygen atoms in total. The number of ether oxygens (including phenoxy) is 2. The topological polar surface area (TPSA) is 50.7 Å². The number of halogens is 1. The van der Waals surface area contributed by atoms with E-state index >= 15 is 0 Å². The molecule has 2 N–H and O–H groups in total. The molecular weight excluding hydrogens is 249 g/mol. The Kier molecular flexibility index (Phi) is 4.39. The Labute approximate surface area is 112 Å². The summed E-state index contributed by atoms with van der Waals surface area (Å²) in [6.07, 6.45) is 0.471. The van der Waals surface area contributed by atoms with Crippen LogP contribution in [0.1, 0.15) is 18.9 Å². The molecule has 0 spiro atoms. The molecule has 1 aliphatic rings. The Morgan fingerprint density at radius 2 is 2.37 bits per heavy atom. The van der Waals surface area contributed by atoms with Gasteiger partial charge in [0.15, 0.2) is 11.6 Å². The van der Waals surface area contributed by atoms with Crippen LogP contribution in [0, 0.1) is 5.82 Å². The van der Waals surface area contributed by atoms with Crippen molar-refractivity contribution in [1.82, 2.24) is 5.32 Å². The van der Waals surface area contributed by atoms with E-state index in [-0.39, 0.29) is 11.8 Å². The number of nitrogens with one attached hydrogen (secondary N) is 1. The Bertz CT molecular complexity index is 431. The van der Waals surface area contributed by atoms with Crippen LogP contribution < -0.4 is 10.1 Å². The van der Waals surface area contributed by atoms with Gasteiger partial charge in [-0.15, -0.1) is 0 Å². The highest BCUT2D eigenvalue weighted by molar-refractivity contribution is 5.32. The van der Waals surface area contributed by atoms with Gasteiger partial charge in [-0.05, 0) is 31.0 Å². The number of aliphatic hydroxyl groups is 1. The van der Waals surface area contributed by atoms with E-state index in [0.717, 1.165) is 6.54 Å². The van der Waals surface area contributed by atoms with Gasteiger partial charge in [-0.2, -0.15) is 0 Å². The SMILES string of the molecule is COc1ccc(C(C)(O)CC2COCCN2)cc1F. The number of hydrogen-bond donors (Lipinski definition) is 2. The third-order valence-corrected chi connectivity index (χ3v) is 3.42. The number of benzene rings is 1. The first kappa shape index (κ1) is 14.2. The van der Waals surface area contributed by atoms with E-state index in [4.69, 9.17) is 9.47 Å². The Morgan fingerprint density at radius 1 is 1.58 bits per heavy atom. The smallest absolute Gasteiger partial charge is 0.165 e. The summed E-state index contributed by atoms with van der Waals surface area (Å²) >= 11 is 0. The molecule has 1 aliphatic heterocycles. The number of rotatable bonds is 4. The fourth-order valence-corrected chi connectivity index (χ4v) is 2.35. The van der Waals surface area contributed by atoms with Gasteiger partial charge in [0.1, 0.15) is 0 Å². The molecule has 1 saturated heterocycles. The molecule has 0 aliphatic carbocycles. The van der Waals surface area contributed by atoms with E-state index in [1.807, 2.05) is 0 Å². The zero-order valence-corrected chi connectivity index (χ0v) is 11.3. The van der Waals surface area contributed by atoms with Gasteiger partial charge >= 0.3 is 0 Å². The summed E-state index contributed by atoms with van der Waals surface area (Å²) in [6, 6.07) is 4.62. The molecule has 0 radical (unpaired) electrons. The summed E-state index contributed by atoms with van der Waals surface area (Å²) in [4.78, 5) is 0. The fraction of sp³-hybridized carbons (Fsp3) is 0.571. The van der Waals surface area contributed by atoms with Gasteiger partial charge in [-0.3, -0.25) is 0 Å². The first-order chi connectivity index (χ1) is 9.03. The van der Waals surface area contributed by atoms with Gasteiger partial charge in [-0.25, -0.2) is 4.39 Å². The second-order valence-corrected chi connectivity index (χ2v) is 5.05. The highest BCUT2D eigenvalue weighted by Crippen LogP contribution is 2.29. The average molecular weight is 269 g/mol. The molecule has 2 atom stereocenters. The lowest BCUT2D eigenvalue weighted by atomic mass is 9.89. The molecule has 2 rings (SSSR count). The number of morpholine rings is 1. The van der Waals surface area contributed by atoms with Crippen molar-refractivity contribution >= 4 is 0 Å². The van der Waals surface area contributed by atoms with Crippen LogP contribution in [0.2, 0.25) is 0 Å². The van der Waals surface area contributed by atoms with Crippen molar-refractivity contribution in [2.45, 2.75) is 25.0 Å². The summed E-state index contributed by atoms with van der Waals surface area (Å²) in [6.45, 7) is 3.72. The maximum absolute atomic E-state index is 13.7. The number of methoxy groups -OCH3 is 1. The zero-order valence-electron chi connectivity index (χ0n) is 11.3. The minimum Gasteiger partial charge on any atom is -0.494 e. The zero-order chi connectivity index (χ0) is 13.9. The lowest BCUT2D eigenvalue weighted by Crippen LogP contribution is -2.45. The normalized spacial score (nSPS) is 22.8. The van der Waals surface area contributed by atoms with E-state index in [1.165, 1.54) is 19.2 Å². The van der Waals surface area contributed by atoms with Crippen molar-refractivity contribution in [2.75, 3.05) is 26.9 Å². The van der Waals surface area contributed by atoms with Crippen LogP contribution in [0.15, 0.2) is 18.2 Å². The Balaban J connectivity index is 2.11. The van der Waals surface area contributed by atoms with Crippen LogP contribution in [-0.2, 0) is 10.3 Å². The average Bonchev–Trinajstić information content (AvgIpc) is 2.39. The van der Waals surface area contributed by atoms with E-state index in [0.29, 0.717) is 25.2 Å². The predicted octanol–water partition coefficient (Wildman–Crippen LogP) is 1.42. The van der Waals surface area contributed by atoms with E-state index in [2.05, 4.69) is 5.32 Å². The highest BCUT2D eigenvalue weighted by atomic mass is 19.1. The first-order valence-corrected chi connectivity index (χ1v) is 6.40. The van der Waals surface area contributed by atoms with E-state index in [9.17, 15) is 9.50 Å². The largest absolute Gasteiger partial charge is 0.494 e. The van der Waals surface area contributed by atoms with Gasteiger partial charge < -0.3 is 19.9 Å². The van der Waals surface area contributed by atoms with Crippen LogP contribution >= 0.6 is 0 Å². The van der Waals surface area contributed by atoms with Crippen molar-refractivity contribution in [3.05, 3.63) is 29.6 Å². The third-order valence-electron chi connectivity index (χ3n) is 3.42. The first-order valence-electron chi connectivity index (χ1n) is 6.40. The molecule has 2 unspecified atom stereocenters. The minimum absolute atomic E-state index is 0.0777. The molecule has 0 aromatic heterocycles. The van der Waals surface area contributed by atoms with E-state index in [1.54, 1.807) is 13.0 Å². The summed E-state index contributed by atoms with van der Waals surface area (Å²) < 4.78 is 23.9. The molecule has 19 heavy (non-hydrogen) atoms. The maximum Gasteiger partial charge on any atom is 0.165 e. The predicted molar refractivity (Wildman–Crippen MR) is 69.7 cm³/mol. The van der Waals surface area contributed by atoms with Crippen molar-refractivity contribution in [1.29, 1.82) is 0 Å². The lowest BCUT2D eigenvalue weighted by Gasteiger charge is -2.32. The number of hydrogen-bond acceptors (Lipinski definition) is 4. The van der Waals surface area contributed by atoms with Gasteiger partial charge in [0, 0.05) is 12.6 Å². The van der Waals surface area contributed by atoms with Crippen LogP contribution in [0.3, 0.4) is 0 Å². The second kappa shape index (κ2) is 5.86. The summed E-state index contributed by atoms with van der Waals surface area (Å²) in [5.41, 5.74) is -0.566. The van der Waals surface area contributed by atoms with Crippen molar-refractivity contribution in [3.8, 4) is 5.75 Å². The quantitative estimate of drug-likeness (QED) is 0.868. The minimum atomic E-state index is -1.11. The molecule has 0 saturated carbocycles. The Morgan fingerprint density at radius 3 is 2.95 bits per heavy atom. The maximum atomic E-state index is 13.7. The summed E-state index contributed by atoms with van der Waals surface area (Å²) in [5.74, 6) is -0.285. The van der Waals surface area contributed by atoms with Gasteiger partial charge in [0.05, 0.1) is 25.9 Å². The molecule has 1 heterocycles. The van der Waals surface area contributed by atoms with Crippen LogP contribution in [-0.4, -0.2) is 38.0 Å². The molecular formula is C14H20FNO3. The van der Waals surface area contributed by atoms with E-state index < -0.39 is 11.4 Å². The van der Waals surface area contributed by atoms with Crippen LogP contribution in [0.25, 0.3) is 0 Å². The second-order valence-electron chi connectivity index (χ2n) is 5.05. The lowest BCUT2D eigenvalue weighted by molar-refractivity contribution is 0.00301. The Hall–Kier alpha value is -1.17. The standard InChI is InChI=1S/C14H20FNO3/c1-14(17,8-11-9-19-6-5-16-11)10-3-4-13(18-2)12(15)7-10/h3-4,7,11,16-17H,5-6,8-9H2,1-2H3. The summed E-state index contributed by atoms with van der Waals surface area (Å²) in [5, 5.41) is 13.8. The van der Waals surface area contributed by atoms with Crippen molar-refractivity contribution in [2.24, 2.45) is 0 Å². The molecule has 1 aromatic carbocycles. The molecule has 5 heteroatoms. The fourth-order valence-electron chi connectivity index (χ4n) is 2.35. The van der Waals surface area contributed by atoms with Crippen molar-refractivity contribution < 1.29 is 19.0 Å². The van der Waals surface area contributed by atoms with Gasteiger partial charge in [0.25, 0.3) is 0 Å². The van der Waals surface area contributed by atoms with Crippen LogP contribution in [0.4, 0.5) is 4.39 Å². The molecule has 0 amide bonds. The van der Waals surface area contributed by atoms with Crippen molar-refractivity contribution in [3.63, 3.8) is 0 Å². The van der Waals surface area contributed by atoms with Gasteiger partial charge in [-0.1, -0.05) is 6.07 Å². The molecule has 106 valence electrons. The van der Waals surface area contributed by atoms with Crippen LogP contribution in [0.5, 0.6) is 5.75 Å². The third kappa shape index (κ3) is 3.43. The molecule has 1 aromatic rings. The summed E-state index contributed by atoms with van der Waals surface area (Å²) in [7, 11) is 1.42.